The summed E-state index contributed by atoms with van der Waals surface area (Å²) in [5.41, 5.74) is 0.835. The smallest absolute Gasteiger partial charge is 0.337 e. The van der Waals surface area contributed by atoms with Crippen molar-refractivity contribution in [2.45, 2.75) is 22.8 Å². The maximum Gasteiger partial charge on any atom is 0.337 e. The predicted molar refractivity (Wildman–Crippen MR) is 106 cm³/mol. The summed E-state index contributed by atoms with van der Waals surface area (Å²) in [6, 6.07) is 11.9. The molecule has 0 radical (unpaired) electrons. The van der Waals surface area contributed by atoms with Crippen LogP contribution in [0.5, 0.6) is 0 Å². The largest absolute Gasteiger partial charge is 0.478 e. The average molecular weight is 434 g/mol. The lowest BCUT2D eigenvalue weighted by atomic mass is 10.2. The summed E-state index contributed by atoms with van der Waals surface area (Å²) >= 11 is 13.3. The number of rotatable bonds is 8. The van der Waals surface area contributed by atoms with Crippen LogP contribution in [0.1, 0.15) is 22.8 Å². The van der Waals surface area contributed by atoms with Gasteiger partial charge in [-0.25, -0.2) is 17.9 Å². The van der Waals surface area contributed by atoms with Crippen molar-refractivity contribution in [3.8, 4) is 0 Å². The van der Waals surface area contributed by atoms with Crippen LogP contribution in [0.4, 0.5) is 0 Å². The molecule has 0 amide bonds. The van der Waals surface area contributed by atoms with E-state index in [4.69, 9.17) is 28.3 Å². The van der Waals surface area contributed by atoms with Crippen LogP contribution in [0.15, 0.2) is 47.4 Å². The Morgan fingerprint density at radius 3 is 2.46 bits per heavy atom. The fraction of sp³-hybridized carbons (Fsp3) is 0.235. The Morgan fingerprint density at radius 2 is 1.85 bits per heavy atom. The highest BCUT2D eigenvalue weighted by molar-refractivity contribution is 7.99. The first-order valence-electron chi connectivity index (χ1n) is 7.58. The summed E-state index contributed by atoms with van der Waals surface area (Å²) < 4.78 is 27.4. The topological polar surface area (TPSA) is 83.5 Å². The molecule has 0 bridgehead atoms. The van der Waals surface area contributed by atoms with Crippen LogP contribution in [0.25, 0.3) is 0 Å². The third-order valence-corrected chi connectivity index (χ3v) is 6.92. The number of carboxylic acids is 1. The van der Waals surface area contributed by atoms with Crippen LogP contribution in [0.3, 0.4) is 0 Å². The third-order valence-electron chi connectivity index (χ3n) is 3.48. The third kappa shape index (κ3) is 5.62. The van der Waals surface area contributed by atoms with Crippen LogP contribution in [-0.4, -0.2) is 31.3 Å². The molecular formula is C17H17Cl2NO4S2. The lowest BCUT2D eigenvalue weighted by Crippen LogP contribution is -2.30. The number of sulfonamides is 1. The molecule has 2 N–H and O–H groups in total. The molecule has 2 aromatic carbocycles. The molecule has 0 aliphatic carbocycles. The van der Waals surface area contributed by atoms with E-state index in [2.05, 4.69) is 4.72 Å². The van der Waals surface area contributed by atoms with E-state index in [0.29, 0.717) is 0 Å². The van der Waals surface area contributed by atoms with E-state index in [-0.39, 0.29) is 32.3 Å². The standard InChI is InChI=1S/C17H17Cl2NO4S2/c1-11(25-10-12-5-3-2-4-6-12)9-20-26(23,24)16-7-13(17(21)22)14(18)8-15(16)19/h2-8,11,20H,9-10H2,1H3,(H,21,22). The Labute approximate surface area is 166 Å². The summed E-state index contributed by atoms with van der Waals surface area (Å²) in [5, 5.41) is 8.86. The minimum absolute atomic E-state index is 0.00926. The molecule has 0 heterocycles. The zero-order valence-electron chi connectivity index (χ0n) is 13.8. The van der Waals surface area contributed by atoms with Gasteiger partial charge in [0.05, 0.1) is 15.6 Å². The molecule has 0 aliphatic rings. The van der Waals surface area contributed by atoms with Gasteiger partial charge in [-0.1, -0.05) is 60.5 Å². The van der Waals surface area contributed by atoms with E-state index in [0.717, 1.165) is 23.4 Å². The molecule has 0 spiro atoms. The molecule has 140 valence electrons. The summed E-state index contributed by atoms with van der Waals surface area (Å²) in [5.74, 6) is -0.566. The fourth-order valence-corrected chi connectivity index (χ4v) is 5.03. The van der Waals surface area contributed by atoms with Gasteiger partial charge in [0.15, 0.2) is 0 Å². The van der Waals surface area contributed by atoms with E-state index in [1.807, 2.05) is 37.3 Å². The van der Waals surface area contributed by atoms with E-state index in [9.17, 15) is 13.2 Å². The maximum atomic E-state index is 12.5. The van der Waals surface area contributed by atoms with Crippen molar-refractivity contribution in [3.05, 3.63) is 63.6 Å². The van der Waals surface area contributed by atoms with Gasteiger partial charge in [-0.2, -0.15) is 11.8 Å². The van der Waals surface area contributed by atoms with Gasteiger partial charge < -0.3 is 5.11 Å². The first-order chi connectivity index (χ1) is 12.2. The fourth-order valence-electron chi connectivity index (χ4n) is 2.08. The van der Waals surface area contributed by atoms with Crippen molar-refractivity contribution in [2.24, 2.45) is 0 Å². The minimum Gasteiger partial charge on any atom is -0.478 e. The van der Waals surface area contributed by atoms with Gasteiger partial charge in [-0.05, 0) is 17.7 Å². The molecule has 0 aromatic heterocycles. The Kier molecular flexibility index (Phi) is 7.37. The SMILES string of the molecule is CC(CNS(=O)(=O)c1cc(C(=O)O)c(Cl)cc1Cl)SCc1ccccc1. The van der Waals surface area contributed by atoms with Gasteiger partial charge in [-0.3, -0.25) is 0 Å². The lowest BCUT2D eigenvalue weighted by Gasteiger charge is -2.14. The number of thioether (sulfide) groups is 1. The second-order valence-electron chi connectivity index (χ2n) is 5.53. The van der Waals surface area contributed by atoms with Crippen molar-refractivity contribution in [1.82, 2.24) is 4.72 Å². The van der Waals surface area contributed by atoms with Crippen LogP contribution in [-0.2, 0) is 15.8 Å². The number of aromatic carboxylic acids is 1. The molecule has 1 atom stereocenters. The van der Waals surface area contributed by atoms with Crippen molar-refractivity contribution in [1.29, 1.82) is 0 Å². The highest BCUT2D eigenvalue weighted by atomic mass is 35.5. The second-order valence-corrected chi connectivity index (χ2v) is 9.50. The Bertz CT molecular complexity index is 889. The van der Waals surface area contributed by atoms with E-state index in [1.54, 1.807) is 11.8 Å². The first-order valence-corrected chi connectivity index (χ1v) is 10.9. The van der Waals surface area contributed by atoms with Gasteiger partial charge in [0.1, 0.15) is 4.90 Å². The number of hydrogen-bond donors (Lipinski definition) is 2. The Hall–Kier alpha value is -1.25. The zero-order valence-corrected chi connectivity index (χ0v) is 16.9. The van der Waals surface area contributed by atoms with Crippen molar-refractivity contribution in [3.63, 3.8) is 0 Å². The van der Waals surface area contributed by atoms with Crippen LogP contribution in [0, 0.1) is 0 Å². The summed E-state index contributed by atoms with van der Waals surface area (Å²) in [4.78, 5) is 10.8. The van der Waals surface area contributed by atoms with Gasteiger partial charge in [0, 0.05) is 17.5 Å². The van der Waals surface area contributed by atoms with Gasteiger partial charge >= 0.3 is 5.97 Å². The van der Waals surface area contributed by atoms with Crippen LogP contribution >= 0.6 is 35.0 Å². The zero-order chi connectivity index (χ0) is 19.3. The Morgan fingerprint density at radius 1 is 1.19 bits per heavy atom. The van der Waals surface area contributed by atoms with E-state index in [1.165, 1.54) is 0 Å². The Balaban J connectivity index is 2.04. The molecule has 0 fully saturated rings. The average Bonchev–Trinajstić information content (AvgIpc) is 2.58. The molecule has 0 saturated carbocycles. The minimum atomic E-state index is -3.96. The number of benzene rings is 2. The quantitative estimate of drug-likeness (QED) is 0.648. The second kappa shape index (κ2) is 9.10. The summed E-state index contributed by atoms with van der Waals surface area (Å²) in [6.45, 7) is 2.09. The highest BCUT2D eigenvalue weighted by Gasteiger charge is 2.23. The number of carboxylic acid groups (broad SMARTS) is 1. The molecular weight excluding hydrogens is 417 g/mol. The number of halogens is 2. The molecule has 0 saturated heterocycles. The molecule has 5 nitrogen and oxygen atoms in total. The number of nitrogens with one attached hydrogen (secondary N) is 1. The van der Waals surface area contributed by atoms with Crippen molar-refractivity contribution < 1.29 is 18.3 Å². The predicted octanol–water partition coefficient (Wildman–Crippen LogP) is 4.29. The van der Waals surface area contributed by atoms with Gasteiger partial charge in [0.25, 0.3) is 0 Å². The molecule has 26 heavy (non-hydrogen) atoms. The molecule has 2 rings (SSSR count). The summed E-state index contributed by atoms with van der Waals surface area (Å²) in [6.07, 6.45) is 0. The molecule has 9 heteroatoms. The van der Waals surface area contributed by atoms with E-state index < -0.39 is 16.0 Å². The van der Waals surface area contributed by atoms with Crippen molar-refractivity contribution >= 4 is 51.0 Å². The first kappa shape index (κ1) is 21.1. The molecule has 0 aliphatic heterocycles. The molecule has 1 unspecified atom stereocenters. The number of carbonyl (C=O) groups is 1. The monoisotopic (exact) mass is 433 g/mol. The molecule has 2 aromatic rings. The van der Waals surface area contributed by atoms with Crippen molar-refractivity contribution in [2.75, 3.05) is 6.54 Å². The van der Waals surface area contributed by atoms with Crippen LogP contribution in [0.2, 0.25) is 10.0 Å². The highest BCUT2D eigenvalue weighted by Crippen LogP contribution is 2.29. The normalized spacial score (nSPS) is 12.7. The van der Waals surface area contributed by atoms with Gasteiger partial charge in [-0.15, -0.1) is 0 Å². The van der Waals surface area contributed by atoms with Gasteiger partial charge in [0.2, 0.25) is 10.0 Å². The maximum absolute atomic E-state index is 12.5. The van der Waals surface area contributed by atoms with E-state index >= 15 is 0 Å². The number of hydrogen-bond acceptors (Lipinski definition) is 4. The van der Waals surface area contributed by atoms with Crippen LogP contribution < -0.4 is 4.72 Å². The summed E-state index contributed by atoms with van der Waals surface area (Å²) in [7, 11) is -3.96. The lowest BCUT2D eigenvalue weighted by molar-refractivity contribution is 0.0697.